The third kappa shape index (κ3) is 4.43. The zero-order chi connectivity index (χ0) is 18.7. The number of hydrogen-bond acceptors (Lipinski definition) is 5. The molecule has 2 N–H and O–H groups in total. The number of nitrogens with zero attached hydrogens (tertiary/aromatic N) is 1. The van der Waals surface area contributed by atoms with Crippen molar-refractivity contribution < 1.29 is 14.3 Å². The predicted octanol–water partition coefficient (Wildman–Crippen LogP) is 2.71. The van der Waals surface area contributed by atoms with Gasteiger partial charge in [-0.05, 0) is 45.1 Å². The Morgan fingerprint density at radius 2 is 2.00 bits per heavy atom. The first-order chi connectivity index (χ1) is 12.4. The van der Waals surface area contributed by atoms with E-state index in [-0.39, 0.29) is 12.1 Å². The summed E-state index contributed by atoms with van der Waals surface area (Å²) in [6, 6.07) is 8.05. The summed E-state index contributed by atoms with van der Waals surface area (Å²) < 4.78 is 5.54. The van der Waals surface area contributed by atoms with Gasteiger partial charge in [-0.1, -0.05) is 24.3 Å². The van der Waals surface area contributed by atoms with Gasteiger partial charge in [-0.2, -0.15) is 0 Å². The number of hydrogen-bond donors (Lipinski definition) is 2. The van der Waals surface area contributed by atoms with Crippen LogP contribution in [-0.4, -0.2) is 48.6 Å². The fourth-order valence-corrected chi connectivity index (χ4v) is 3.90. The van der Waals surface area contributed by atoms with Crippen molar-refractivity contribution in [1.29, 1.82) is 0 Å². The summed E-state index contributed by atoms with van der Waals surface area (Å²) >= 11 is 0. The number of amides is 1. The number of hydrazine groups is 1. The molecule has 0 aromatic heterocycles. The second-order valence-electron chi connectivity index (χ2n) is 8.27. The summed E-state index contributed by atoms with van der Waals surface area (Å²) in [6.45, 7) is 7.99. The Labute approximate surface area is 155 Å². The van der Waals surface area contributed by atoms with Crippen LogP contribution in [0.1, 0.15) is 55.5 Å². The lowest BCUT2D eigenvalue weighted by atomic mass is 9.81. The number of ether oxygens (including phenoxy) is 1. The van der Waals surface area contributed by atoms with Gasteiger partial charge in [0.2, 0.25) is 0 Å². The summed E-state index contributed by atoms with van der Waals surface area (Å²) in [7, 11) is 0. The fraction of sp³-hybridized carbons (Fsp3) is 0.600. The maximum absolute atomic E-state index is 12.4. The van der Waals surface area contributed by atoms with E-state index in [2.05, 4.69) is 10.9 Å². The first kappa shape index (κ1) is 18.9. The lowest BCUT2D eigenvalue weighted by Gasteiger charge is -2.38. The molecule has 1 amide bonds. The van der Waals surface area contributed by atoms with Crippen LogP contribution in [0.15, 0.2) is 24.3 Å². The van der Waals surface area contributed by atoms with Crippen molar-refractivity contribution in [3.05, 3.63) is 35.4 Å². The second-order valence-corrected chi connectivity index (χ2v) is 8.27. The minimum Gasteiger partial charge on any atom is -0.444 e. The van der Waals surface area contributed by atoms with Crippen LogP contribution in [0.2, 0.25) is 0 Å². The highest BCUT2D eigenvalue weighted by molar-refractivity contribution is 5.74. The average molecular weight is 359 g/mol. The van der Waals surface area contributed by atoms with Crippen LogP contribution in [0.5, 0.6) is 0 Å². The molecule has 3 unspecified atom stereocenters. The van der Waals surface area contributed by atoms with Gasteiger partial charge in [0.25, 0.3) is 0 Å². The van der Waals surface area contributed by atoms with Crippen LogP contribution in [0, 0.1) is 5.92 Å². The number of nitrogens with one attached hydrogen (secondary N) is 2. The molecule has 142 valence electrons. The van der Waals surface area contributed by atoms with Crippen molar-refractivity contribution in [2.75, 3.05) is 19.6 Å². The van der Waals surface area contributed by atoms with Gasteiger partial charge in [0, 0.05) is 37.2 Å². The van der Waals surface area contributed by atoms with Crippen molar-refractivity contribution >= 4 is 12.4 Å². The topological polar surface area (TPSA) is 70.7 Å². The van der Waals surface area contributed by atoms with Crippen LogP contribution in [0.25, 0.3) is 0 Å². The number of piperidine rings is 1. The molecule has 0 bridgehead atoms. The van der Waals surface area contributed by atoms with Crippen molar-refractivity contribution in [2.45, 2.75) is 51.2 Å². The Hall–Kier alpha value is -1.92. The molecule has 2 aliphatic heterocycles. The molecule has 3 atom stereocenters. The highest BCUT2D eigenvalue weighted by Gasteiger charge is 2.38. The molecule has 26 heavy (non-hydrogen) atoms. The molecule has 6 heteroatoms. The average Bonchev–Trinajstić information content (AvgIpc) is 3.10. The summed E-state index contributed by atoms with van der Waals surface area (Å²) in [4.78, 5) is 25.1. The third-order valence-electron chi connectivity index (χ3n) is 5.14. The summed E-state index contributed by atoms with van der Waals surface area (Å²) in [5.74, 6) is 0.682. The minimum atomic E-state index is -0.472. The maximum atomic E-state index is 12.4. The molecule has 2 fully saturated rings. The Morgan fingerprint density at radius 3 is 2.65 bits per heavy atom. The van der Waals surface area contributed by atoms with E-state index in [9.17, 15) is 9.59 Å². The zero-order valence-corrected chi connectivity index (χ0v) is 15.8. The highest BCUT2D eigenvalue weighted by atomic mass is 16.6. The quantitative estimate of drug-likeness (QED) is 0.812. The molecule has 1 aromatic rings. The molecule has 2 saturated heterocycles. The highest BCUT2D eigenvalue weighted by Crippen LogP contribution is 2.32. The molecule has 0 aliphatic carbocycles. The lowest BCUT2D eigenvalue weighted by Crippen LogP contribution is -2.49. The summed E-state index contributed by atoms with van der Waals surface area (Å²) in [6.07, 6.45) is 2.72. The normalized spacial score (nSPS) is 26.6. The smallest absolute Gasteiger partial charge is 0.410 e. The van der Waals surface area contributed by atoms with Crippen LogP contribution in [0.4, 0.5) is 4.79 Å². The number of carbonyl (C=O) groups excluding carboxylic acids is 2. The largest absolute Gasteiger partial charge is 0.444 e. The molecule has 6 nitrogen and oxygen atoms in total. The van der Waals surface area contributed by atoms with Gasteiger partial charge in [-0.15, -0.1) is 0 Å². The summed E-state index contributed by atoms with van der Waals surface area (Å²) in [5, 5.41) is 0. The Kier molecular flexibility index (Phi) is 5.63. The molecule has 0 radical (unpaired) electrons. The Morgan fingerprint density at radius 1 is 1.27 bits per heavy atom. The number of carbonyl (C=O) groups is 2. The Bertz CT molecular complexity index is 639. The van der Waals surface area contributed by atoms with E-state index in [0.29, 0.717) is 23.9 Å². The first-order valence-corrected chi connectivity index (χ1v) is 9.39. The molecular weight excluding hydrogens is 330 g/mol. The van der Waals surface area contributed by atoms with Crippen molar-refractivity contribution in [1.82, 2.24) is 15.8 Å². The molecular formula is C20H29N3O3. The van der Waals surface area contributed by atoms with Gasteiger partial charge >= 0.3 is 6.09 Å². The molecule has 3 rings (SSSR count). The number of benzene rings is 1. The molecule has 2 heterocycles. The minimum absolute atomic E-state index is 0.222. The van der Waals surface area contributed by atoms with E-state index in [1.807, 2.05) is 49.9 Å². The van der Waals surface area contributed by atoms with Gasteiger partial charge in [0.1, 0.15) is 11.9 Å². The monoisotopic (exact) mass is 359 g/mol. The molecule has 0 saturated carbocycles. The van der Waals surface area contributed by atoms with E-state index in [1.165, 1.54) is 5.56 Å². The van der Waals surface area contributed by atoms with Gasteiger partial charge in [-0.25, -0.2) is 4.79 Å². The zero-order valence-electron chi connectivity index (χ0n) is 15.8. The van der Waals surface area contributed by atoms with Crippen LogP contribution >= 0.6 is 0 Å². The van der Waals surface area contributed by atoms with Crippen LogP contribution < -0.4 is 10.9 Å². The number of rotatable bonds is 3. The van der Waals surface area contributed by atoms with Crippen molar-refractivity contribution in [3.8, 4) is 0 Å². The predicted molar refractivity (Wildman–Crippen MR) is 100 cm³/mol. The van der Waals surface area contributed by atoms with E-state index in [4.69, 9.17) is 4.74 Å². The van der Waals surface area contributed by atoms with Gasteiger partial charge in [0.15, 0.2) is 0 Å². The lowest BCUT2D eigenvalue weighted by molar-refractivity contribution is 0.0144. The van der Waals surface area contributed by atoms with Crippen molar-refractivity contribution in [3.63, 3.8) is 0 Å². The van der Waals surface area contributed by atoms with Gasteiger partial charge in [-0.3, -0.25) is 15.6 Å². The summed E-state index contributed by atoms with van der Waals surface area (Å²) in [5.41, 5.74) is 8.12. The first-order valence-electron chi connectivity index (χ1n) is 9.39. The van der Waals surface area contributed by atoms with Crippen LogP contribution in [-0.2, 0) is 4.74 Å². The standard InChI is InChI=1S/C20H29N3O3/c1-20(2,3)26-19(25)23-10-4-5-16(12-23)18-17(11-21-22-18)15-8-6-14(13-24)7-9-15/h6-9,13,16-18,21-22H,4-5,10-12H2,1-3H3. The van der Waals surface area contributed by atoms with E-state index in [1.54, 1.807) is 0 Å². The van der Waals surface area contributed by atoms with Gasteiger partial charge in [0.05, 0.1) is 0 Å². The molecule has 2 aliphatic rings. The fourth-order valence-electron chi connectivity index (χ4n) is 3.90. The SMILES string of the molecule is CC(C)(C)OC(=O)N1CCCC(C2NNCC2c2ccc(C=O)cc2)C1. The molecule has 0 spiro atoms. The van der Waals surface area contributed by atoms with E-state index in [0.717, 1.165) is 32.2 Å². The van der Waals surface area contributed by atoms with E-state index < -0.39 is 5.60 Å². The number of likely N-dealkylation sites (tertiary alicyclic amines) is 1. The van der Waals surface area contributed by atoms with E-state index >= 15 is 0 Å². The van der Waals surface area contributed by atoms with Crippen LogP contribution in [0.3, 0.4) is 0 Å². The molecule has 1 aromatic carbocycles. The third-order valence-corrected chi connectivity index (χ3v) is 5.14. The van der Waals surface area contributed by atoms with Crippen molar-refractivity contribution in [2.24, 2.45) is 5.92 Å². The number of aldehydes is 1. The van der Waals surface area contributed by atoms with Gasteiger partial charge < -0.3 is 9.64 Å². The Balaban J connectivity index is 1.68. The maximum Gasteiger partial charge on any atom is 0.410 e. The second kappa shape index (κ2) is 7.76.